The Morgan fingerprint density at radius 3 is 2.78 bits per heavy atom. The summed E-state index contributed by atoms with van der Waals surface area (Å²) in [4.78, 5) is 13.9. The average molecular weight is 253 g/mol. The smallest absolute Gasteiger partial charge is 0.270 e. The number of hydrogen-bond acceptors (Lipinski definition) is 3. The number of nitrogens with two attached hydrogens (primary N) is 1. The standard InChI is InChI=1S/C13H23N3O2/c1-5-18-7-6-15(4)13(17)12-8-11(14)9-16(12)10(2)3/h8-10H,5-7,14H2,1-4H3. The SMILES string of the molecule is CCOCCN(C)C(=O)c1cc(N)cn1C(C)C. The lowest BCUT2D eigenvalue weighted by molar-refractivity contribution is 0.0698. The fourth-order valence-electron chi connectivity index (χ4n) is 1.74. The lowest BCUT2D eigenvalue weighted by Gasteiger charge is -2.19. The number of hydrogen-bond donors (Lipinski definition) is 1. The van der Waals surface area contributed by atoms with Gasteiger partial charge in [0, 0.05) is 32.4 Å². The molecule has 0 aromatic carbocycles. The first-order valence-electron chi connectivity index (χ1n) is 6.28. The third kappa shape index (κ3) is 3.50. The number of nitrogens with zero attached hydrogens (tertiary/aromatic N) is 2. The lowest BCUT2D eigenvalue weighted by atomic mass is 10.3. The third-order valence-electron chi connectivity index (χ3n) is 2.77. The monoisotopic (exact) mass is 253 g/mol. The van der Waals surface area contributed by atoms with Gasteiger partial charge in [-0.2, -0.15) is 0 Å². The van der Waals surface area contributed by atoms with Crippen molar-refractivity contribution in [1.29, 1.82) is 0 Å². The van der Waals surface area contributed by atoms with Crippen LogP contribution in [0.5, 0.6) is 0 Å². The Kier molecular flexibility index (Phi) is 5.22. The van der Waals surface area contributed by atoms with Crippen LogP contribution >= 0.6 is 0 Å². The Morgan fingerprint density at radius 2 is 2.22 bits per heavy atom. The molecule has 1 heterocycles. The molecule has 0 atom stereocenters. The second-order valence-corrected chi connectivity index (χ2v) is 4.58. The van der Waals surface area contributed by atoms with Gasteiger partial charge in [-0.3, -0.25) is 4.79 Å². The minimum Gasteiger partial charge on any atom is -0.397 e. The molecule has 5 nitrogen and oxygen atoms in total. The molecule has 0 fully saturated rings. The van der Waals surface area contributed by atoms with E-state index >= 15 is 0 Å². The van der Waals surface area contributed by atoms with Crippen LogP contribution in [-0.2, 0) is 4.74 Å². The van der Waals surface area contributed by atoms with Gasteiger partial charge in [0.05, 0.1) is 12.3 Å². The molecule has 5 heteroatoms. The maximum absolute atomic E-state index is 12.3. The van der Waals surface area contributed by atoms with E-state index in [4.69, 9.17) is 10.5 Å². The fourth-order valence-corrected chi connectivity index (χ4v) is 1.74. The van der Waals surface area contributed by atoms with E-state index in [1.165, 1.54) is 0 Å². The van der Waals surface area contributed by atoms with Crippen LogP contribution in [0.2, 0.25) is 0 Å². The normalized spacial score (nSPS) is 10.9. The van der Waals surface area contributed by atoms with Gasteiger partial charge in [-0.05, 0) is 26.8 Å². The molecule has 0 aliphatic heterocycles. The highest BCUT2D eigenvalue weighted by Crippen LogP contribution is 2.17. The van der Waals surface area contributed by atoms with Crippen molar-refractivity contribution in [3.8, 4) is 0 Å². The average Bonchev–Trinajstić information content (AvgIpc) is 2.70. The van der Waals surface area contributed by atoms with Gasteiger partial charge in [-0.15, -0.1) is 0 Å². The van der Waals surface area contributed by atoms with E-state index in [2.05, 4.69) is 0 Å². The second kappa shape index (κ2) is 6.44. The van der Waals surface area contributed by atoms with Gasteiger partial charge in [0.1, 0.15) is 5.69 Å². The summed E-state index contributed by atoms with van der Waals surface area (Å²) >= 11 is 0. The lowest BCUT2D eigenvalue weighted by Crippen LogP contribution is -2.31. The highest BCUT2D eigenvalue weighted by molar-refractivity contribution is 5.93. The van der Waals surface area contributed by atoms with E-state index < -0.39 is 0 Å². The van der Waals surface area contributed by atoms with E-state index in [1.807, 2.05) is 25.3 Å². The molecule has 1 rings (SSSR count). The first-order valence-corrected chi connectivity index (χ1v) is 6.28. The maximum Gasteiger partial charge on any atom is 0.270 e. The molecule has 102 valence electrons. The number of likely N-dealkylation sites (N-methyl/N-ethyl adjacent to an activating group) is 1. The zero-order valence-electron chi connectivity index (χ0n) is 11.6. The fraction of sp³-hybridized carbons (Fsp3) is 0.615. The van der Waals surface area contributed by atoms with Crippen LogP contribution in [0.15, 0.2) is 12.3 Å². The van der Waals surface area contributed by atoms with Gasteiger partial charge in [0.2, 0.25) is 0 Å². The number of carbonyl (C=O) groups is 1. The molecule has 0 aliphatic carbocycles. The van der Waals surface area contributed by atoms with Crippen molar-refractivity contribution in [2.75, 3.05) is 32.5 Å². The zero-order chi connectivity index (χ0) is 13.7. The molecule has 0 spiro atoms. The van der Waals surface area contributed by atoms with Crippen LogP contribution < -0.4 is 5.73 Å². The summed E-state index contributed by atoms with van der Waals surface area (Å²) in [6.45, 7) is 7.78. The number of carbonyl (C=O) groups excluding carboxylic acids is 1. The summed E-state index contributed by atoms with van der Waals surface area (Å²) in [6, 6.07) is 1.93. The Hall–Kier alpha value is -1.49. The molecular weight excluding hydrogens is 230 g/mol. The van der Waals surface area contributed by atoms with Gasteiger partial charge in [-0.1, -0.05) is 0 Å². The van der Waals surface area contributed by atoms with Gasteiger partial charge in [0.25, 0.3) is 5.91 Å². The highest BCUT2D eigenvalue weighted by atomic mass is 16.5. The first-order chi connectivity index (χ1) is 8.47. The molecule has 0 saturated carbocycles. The van der Waals surface area contributed by atoms with Crippen molar-refractivity contribution in [2.24, 2.45) is 0 Å². The summed E-state index contributed by atoms with van der Waals surface area (Å²) in [5.74, 6) is -0.0277. The van der Waals surface area contributed by atoms with Crippen LogP contribution in [0.3, 0.4) is 0 Å². The number of amides is 1. The first kappa shape index (κ1) is 14.6. The summed E-state index contributed by atoms with van der Waals surface area (Å²) in [7, 11) is 1.77. The molecule has 2 N–H and O–H groups in total. The number of rotatable bonds is 6. The highest BCUT2D eigenvalue weighted by Gasteiger charge is 2.18. The molecule has 1 aromatic rings. The van der Waals surface area contributed by atoms with Crippen molar-refractivity contribution >= 4 is 11.6 Å². The minimum absolute atomic E-state index is 0.0277. The summed E-state index contributed by atoms with van der Waals surface area (Å²) in [5.41, 5.74) is 7.00. The van der Waals surface area contributed by atoms with E-state index in [0.717, 1.165) is 0 Å². The van der Waals surface area contributed by atoms with Crippen molar-refractivity contribution < 1.29 is 9.53 Å². The second-order valence-electron chi connectivity index (χ2n) is 4.58. The summed E-state index contributed by atoms with van der Waals surface area (Å²) in [5, 5.41) is 0. The predicted octanol–water partition coefficient (Wildman–Crippen LogP) is 1.76. The van der Waals surface area contributed by atoms with Crippen LogP contribution in [0.25, 0.3) is 0 Å². The topological polar surface area (TPSA) is 60.5 Å². The Bertz CT molecular complexity index is 399. The Balaban J connectivity index is 2.76. The maximum atomic E-state index is 12.3. The number of ether oxygens (including phenoxy) is 1. The van der Waals surface area contributed by atoms with E-state index in [1.54, 1.807) is 24.2 Å². The van der Waals surface area contributed by atoms with E-state index in [0.29, 0.717) is 31.1 Å². The molecule has 0 radical (unpaired) electrons. The molecule has 0 bridgehead atoms. The molecule has 0 saturated heterocycles. The molecule has 1 aromatic heterocycles. The van der Waals surface area contributed by atoms with Gasteiger partial charge in [0.15, 0.2) is 0 Å². The van der Waals surface area contributed by atoms with E-state index in [9.17, 15) is 4.79 Å². The molecule has 18 heavy (non-hydrogen) atoms. The van der Waals surface area contributed by atoms with Crippen LogP contribution in [0, 0.1) is 0 Å². The summed E-state index contributed by atoms with van der Waals surface area (Å²) < 4.78 is 7.15. The molecular formula is C13H23N3O2. The Labute approximate surface area is 109 Å². The zero-order valence-corrected chi connectivity index (χ0v) is 11.6. The quantitative estimate of drug-likeness (QED) is 0.786. The van der Waals surface area contributed by atoms with Crippen molar-refractivity contribution in [2.45, 2.75) is 26.8 Å². The van der Waals surface area contributed by atoms with Crippen LogP contribution in [0.1, 0.15) is 37.3 Å². The van der Waals surface area contributed by atoms with Crippen molar-refractivity contribution in [1.82, 2.24) is 9.47 Å². The minimum atomic E-state index is -0.0277. The summed E-state index contributed by atoms with van der Waals surface area (Å²) in [6.07, 6.45) is 1.80. The molecule has 0 unspecified atom stereocenters. The van der Waals surface area contributed by atoms with Crippen LogP contribution in [0.4, 0.5) is 5.69 Å². The number of anilines is 1. The van der Waals surface area contributed by atoms with Gasteiger partial charge in [-0.25, -0.2) is 0 Å². The molecule has 0 aliphatic rings. The van der Waals surface area contributed by atoms with Gasteiger partial charge < -0.3 is 19.9 Å². The number of aromatic nitrogens is 1. The van der Waals surface area contributed by atoms with Crippen molar-refractivity contribution in [3.63, 3.8) is 0 Å². The molecule has 1 amide bonds. The van der Waals surface area contributed by atoms with Crippen molar-refractivity contribution in [3.05, 3.63) is 18.0 Å². The third-order valence-corrected chi connectivity index (χ3v) is 2.77. The van der Waals surface area contributed by atoms with Gasteiger partial charge >= 0.3 is 0 Å². The largest absolute Gasteiger partial charge is 0.397 e. The van der Waals surface area contributed by atoms with E-state index in [-0.39, 0.29) is 11.9 Å². The number of nitrogen functional groups attached to an aromatic ring is 1. The Morgan fingerprint density at radius 1 is 1.56 bits per heavy atom. The predicted molar refractivity (Wildman–Crippen MR) is 72.7 cm³/mol. The van der Waals surface area contributed by atoms with Crippen LogP contribution in [-0.4, -0.2) is 42.2 Å².